The van der Waals surface area contributed by atoms with Gasteiger partial charge in [0, 0.05) is 10.7 Å². The maximum absolute atomic E-state index is 13.9. The van der Waals surface area contributed by atoms with Crippen molar-refractivity contribution in [3.05, 3.63) is 65.5 Å². The van der Waals surface area contributed by atoms with E-state index in [0.29, 0.717) is 5.75 Å². The molecule has 0 saturated carbocycles. The number of benzene rings is 2. The van der Waals surface area contributed by atoms with Crippen LogP contribution in [-0.2, 0) is 11.8 Å². The van der Waals surface area contributed by atoms with Crippen molar-refractivity contribution in [1.82, 2.24) is 0 Å². The van der Waals surface area contributed by atoms with E-state index in [-0.39, 0.29) is 11.2 Å². The Morgan fingerprint density at radius 1 is 1.14 bits per heavy atom. The van der Waals surface area contributed by atoms with Crippen LogP contribution >= 0.6 is 15.9 Å². The van der Waals surface area contributed by atoms with Gasteiger partial charge in [0.15, 0.2) is 11.6 Å². The van der Waals surface area contributed by atoms with E-state index in [0.717, 1.165) is 23.7 Å². The molecular formula is C18H20BrFO. The van der Waals surface area contributed by atoms with Gasteiger partial charge in [-0.2, -0.15) is 0 Å². The molecule has 0 radical (unpaired) electrons. The SMILES string of the molecule is CCC(CBr)(Cc1ccc(OC)c(F)c1)c1ccccc1. The van der Waals surface area contributed by atoms with Crippen molar-refractivity contribution in [1.29, 1.82) is 0 Å². The minimum Gasteiger partial charge on any atom is -0.494 e. The topological polar surface area (TPSA) is 9.23 Å². The minimum absolute atomic E-state index is 0.0255. The summed E-state index contributed by atoms with van der Waals surface area (Å²) >= 11 is 3.66. The highest BCUT2D eigenvalue weighted by molar-refractivity contribution is 9.09. The van der Waals surface area contributed by atoms with Crippen molar-refractivity contribution in [2.45, 2.75) is 25.2 Å². The zero-order valence-corrected chi connectivity index (χ0v) is 14.0. The van der Waals surface area contributed by atoms with Gasteiger partial charge in [0.2, 0.25) is 0 Å². The Hall–Kier alpha value is -1.35. The molecule has 21 heavy (non-hydrogen) atoms. The molecule has 2 rings (SSSR count). The molecule has 0 amide bonds. The van der Waals surface area contributed by atoms with Gasteiger partial charge in [-0.3, -0.25) is 0 Å². The molecule has 112 valence electrons. The molecule has 0 aliphatic rings. The molecule has 0 N–H and O–H groups in total. The van der Waals surface area contributed by atoms with Crippen LogP contribution in [0.25, 0.3) is 0 Å². The van der Waals surface area contributed by atoms with Crippen LogP contribution in [0.15, 0.2) is 48.5 Å². The Labute approximate surface area is 134 Å². The summed E-state index contributed by atoms with van der Waals surface area (Å²) in [6.45, 7) is 2.17. The second kappa shape index (κ2) is 7.08. The van der Waals surface area contributed by atoms with Gasteiger partial charge >= 0.3 is 0 Å². The Morgan fingerprint density at radius 2 is 1.86 bits per heavy atom. The third kappa shape index (κ3) is 3.46. The highest BCUT2D eigenvalue weighted by Crippen LogP contribution is 2.34. The van der Waals surface area contributed by atoms with Crippen LogP contribution < -0.4 is 4.74 Å². The first-order valence-corrected chi connectivity index (χ1v) is 8.21. The zero-order chi connectivity index (χ0) is 15.3. The van der Waals surface area contributed by atoms with Crippen LogP contribution in [0.5, 0.6) is 5.75 Å². The average molecular weight is 351 g/mol. The van der Waals surface area contributed by atoms with Crippen molar-refractivity contribution in [2.75, 3.05) is 12.4 Å². The predicted octanol–water partition coefficient (Wildman–Crippen LogP) is 5.12. The lowest BCUT2D eigenvalue weighted by molar-refractivity contribution is 0.385. The van der Waals surface area contributed by atoms with Crippen LogP contribution in [0.3, 0.4) is 0 Å². The molecule has 0 saturated heterocycles. The Kier molecular flexibility index (Phi) is 5.40. The molecule has 0 spiro atoms. The van der Waals surface area contributed by atoms with Gasteiger partial charge in [0.25, 0.3) is 0 Å². The molecule has 2 aromatic rings. The van der Waals surface area contributed by atoms with Crippen LogP contribution in [0.1, 0.15) is 24.5 Å². The molecule has 2 aromatic carbocycles. The lowest BCUT2D eigenvalue weighted by Crippen LogP contribution is -2.30. The molecule has 0 fully saturated rings. The molecule has 1 atom stereocenters. The van der Waals surface area contributed by atoms with Crippen LogP contribution in [0.2, 0.25) is 0 Å². The van der Waals surface area contributed by atoms with Gasteiger partial charge < -0.3 is 4.74 Å². The number of hydrogen-bond acceptors (Lipinski definition) is 1. The van der Waals surface area contributed by atoms with Crippen LogP contribution in [0.4, 0.5) is 4.39 Å². The number of ether oxygens (including phenoxy) is 1. The number of hydrogen-bond donors (Lipinski definition) is 0. The number of halogens is 2. The third-order valence-electron chi connectivity index (χ3n) is 4.08. The van der Waals surface area contributed by atoms with Crippen LogP contribution in [-0.4, -0.2) is 12.4 Å². The van der Waals surface area contributed by atoms with Gasteiger partial charge in [0.1, 0.15) is 0 Å². The summed E-state index contributed by atoms with van der Waals surface area (Å²) in [5.74, 6) is -0.0120. The molecule has 0 aliphatic carbocycles. The summed E-state index contributed by atoms with van der Waals surface area (Å²) in [5, 5.41) is 0.841. The van der Waals surface area contributed by atoms with Crippen molar-refractivity contribution < 1.29 is 9.13 Å². The van der Waals surface area contributed by atoms with Crippen LogP contribution in [0, 0.1) is 5.82 Å². The second-order valence-electron chi connectivity index (χ2n) is 5.28. The Morgan fingerprint density at radius 3 is 2.38 bits per heavy atom. The van der Waals surface area contributed by atoms with E-state index in [1.54, 1.807) is 12.1 Å². The van der Waals surface area contributed by atoms with E-state index in [1.807, 2.05) is 12.1 Å². The fourth-order valence-corrected chi connectivity index (χ4v) is 3.57. The molecule has 1 unspecified atom stereocenters. The van der Waals surface area contributed by atoms with Crippen molar-refractivity contribution >= 4 is 15.9 Å². The summed E-state index contributed by atoms with van der Waals surface area (Å²) in [6.07, 6.45) is 1.77. The summed E-state index contributed by atoms with van der Waals surface area (Å²) in [7, 11) is 1.48. The van der Waals surface area contributed by atoms with E-state index in [2.05, 4.69) is 47.1 Å². The minimum atomic E-state index is -0.303. The molecule has 0 aromatic heterocycles. The maximum Gasteiger partial charge on any atom is 0.165 e. The lowest BCUT2D eigenvalue weighted by Gasteiger charge is -2.32. The largest absolute Gasteiger partial charge is 0.494 e. The van der Waals surface area contributed by atoms with Gasteiger partial charge in [-0.05, 0) is 36.1 Å². The Bertz CT molecular complexity index is 579. The van der Waals surface area contributed by atoms with Gasteiger partial charge in [-0.15, -0.1) is 0 Å². The van der Waals surface area contributed by atoms with E-state index >= 15 is 0 Å². The number of alkyl halides is 1. The molecule has 0 bridgehead atoms. The predicted molar refractivity (Wildman–Crippen MR) is 88.9 cm³/mol. The standard InChI is InChI=1S/C18H20BrFO/c1-3-18(13-19,15-7-5-4-6-8-15)12-14-9-10-17(21-2)16(20)11-14/h4-11H,3,12-13H2,1-2H3. The number of methoxy groups -OCH3 is 1. The first-order chi connectivity index (χ1) is 10.1. The first-order valence-electron chi connectivity index (χ1n) is 7.09. The van der Waals surface area contributed by atoms with Crippen molar-refractivity contribution in [2.24, 2.45) is 0 Å². The highest BCUT2D eigenvalue weighted by atomic mass is 79.9. The normalized spacial score (nSPS) is 13.7. The van der Waals surface area contributed by atoms with Crippen molar-refractivity contribution in [3.8, 4) is 5.75 Å². The molecule has 0 aliphatic heterocycles. The van der Waals surface area contributed by atoms with Gasteiger partial charge in [-0.25, -0.2) is 4.39 Å². The quantitative estimate of drug-likeness (QED) is 0.657. The average Bonchev–Trinajstić information content (AvgIpc) is 2.54. The van der Waals surface area contributed by atoms with Gasteiger partial charge in [-0.1, -0.05) is 59.3 Å². The van der Waals surface area contributed by atoms with Gasteiger partial charge in [0.05, 0.1) is 7.11 Å². The van der Waals surface area contributed by atoms with E-state index in [1.165, 1.54) is 12.7 Å². The monoisotopic (exact) mass is 350 g/mol. The Balaban J connectivity index is 2.34. The van der Waals surface area contributed by atoms with E-state index in [4.69, 9.17) is 4.74 Å². The molecular weight excluding hydrogens is 331 g/mol. The summed E-state index contributed by atoms with van der Waals surface area (Å²) in [6, 6.07) is 15.6. The fourth-order valence-electron chi connectivity index (χ4n) is 2.65. The molecule has 0 heterocycles. The zero-order valence-electron chi connectivity index (χ0n) is 12.4. The summed E-state index contributed by atoms with van der Waals surface area (Å²) < 4.78 is 18.9. The van der Waals surface area contributed by atoms with E-state index in [9.17, 15) is 4.39 Å². The summed E-state index contributed by atoms with van der Waals surface area (Å²) in [5.41, 5.74) is 2.24. The maximum atomic E-state index is 13.9. The molecule has 1 nitrogen and oxygen atoms in total. The first kappa shape index (κ1) is 16.0. The smallest absolute Gasteiger partial charge is 0.165 e. The fraction of sp³-hybridized carbons (Fsp3) is 0.333. The van der Waals surface area contributed by atoms with Crippen molar-refractivity contribution in [3.63, 3.8) is 0 Å². The second-order valence-corrected chi connectivity index (χ2v) is 5.84. The third-order valence-corrected chi connectivity index (χ3v) is 5.15. The highest BCUT2D eigenvalue weighted by Gasteiger charge is 2.29. The number of rotatable bonds is 6. The molecule has 3 heteroatoms. The lowest BCUT2D eigenvalue weighted by atomic mass is 9.75. The summed E-state index contributed by atoms with van der Waals surface area (Å²) in [4.78, 5) is 0. The van der Waals surface area contributed by atoms with E-state index < -0.39 is 0 Å².